The molecule has 0 spiro atoms. The quantitative estimate of drug-likeness (QED) is 0.170. The van der Waals surface area contributed by atoms with Crippen LogP contribution in [0.2, 0.25) is 0 Å². The van der Waals surface area contributed by atoms with Crippen molar-refractivity contribution in [1.82, 2.24) is 5.32 Å². The van der Waals surface area contributed by atoms with Crippen LogP contribution in [0, 0.1) is 16.7 Å². The summed E-state index contributed by atoms with van der Waals surface area (Å²) in [6, 6.07) is 15.0. The average Bonchev–Trinajstić information content (AvgIpc) is 3.20. The number of methoxy groups -OCH3 is 2. The third-order valence-corrected chi connectivity index (χ3v) is 13.3. The van der Waals surface area contributed by atoms with Crippen LogP contribution in [0.5, 0.6) is 0 Å². The van der Waals surface area contributed by atoms with Crippen molar-refractivity contribution in [1.29, 1.82) is 0 Å². The first kappa shape index (κ1) is 47.3. The number of amides is 1. The van der Waals surface area contributed by atoms with Gasteiger partial charge in [-0.1, -0.05) is 62.4 Å². The number of fused-ring (bicyclic) bond motifs is 5. The summed E-state index contributed by atoms with van der Waals surface area (Å²) in [5, 5.41) is 16.5. The van der Waals surface area contributed by atoms with Crippen molar-refractivity contribution in [2.75, 3.05) is 20.8 Å². The van der Waals surface area contributed by atoms with E-state index in [1.807, 2.05) is 0 Å². The lowest BCUT2D eigenvalue weighted by Crippen LogP contribution is -2.82. The summed E-state index contributed by atoms with van der Waals surface area (Å²) in [6.45, 7) is 13.7. The Morgan fingerprint density at radius 1 is 0.889 bits per heavy atom. The smallest absolute Gasteiger partial charge is 0.408 e. The number of aliphatic hydroxyl groups is 1. The molecular formula is C47H59NO15. The molecule has 0 unspecified atom stereocenters. The molecule has 3 aliphatic carbocycles. The lowest BCUT2D eigenvalue weighted by atomic mass is 9.44. The summed E-state index contributed by atoms with van der Waals surface area (Å²) in [4.78, 5) is 83.9. The fraction of sp³-hybridized carbons (Fsp3) is 0.574. The molecular weight excluding hydrogens is 819 g/mol. The SMILES string of the molecule is CO[C@H]1C(=O)[C@@]2(C)[C@H]([C@H](OC(=O)c3ccccc3)[C@]3(O)C[C@H](OC(=O)[C@H](OC(C)=O)[C@@H](NC(=O)OC(C)(C)C)c4ccccc4)C(C)=C1C3(C)C)[C@]1(OC(C)=O)CO[C@@H]1C[C@H]2OC. The number of Topliss-reactive ketones (excluding diaryl/α,β-unsaturated/α-hetero) is 1. The van der Waals surface area contributed by atoms with Crippen LogP contribution < -0.4 is 5.32 Å². The molecule has 2 bridgehead atoms. The van der Waals surface area contributed by atoms with Crippen LogP contribution in [-0.4, -0.2) is 115 Å². The van der Waals surface area contributed by atoms with Gasteiger partial charge in [0.25, 0.3) is 0 Å². The van der Waals surface area contributed by atoms with Crippen molar-refractivity contribution in [3.63, 3.8) is 0 Å². The number of rotatable bonds is 11. The first-order valence-electron chi connectivity index (χ1n) is 21.0. The number of carbonyl (C=O) groups is 6. The van der Waals surface area contributed by atoms with Gasteiger partial charge in [-0.2, -0.15) is 0 Å². The van der Waals surface area contributed by atoms with Crippen LogP contribution in [0.15, 0.2) is 71.8 Å². The van der Waals surface area contributed by atoms with E-state index in [2.05, 4.69) is 5.32 Å². The molecule has 16 heteroatoms. The van der Waals surface area contributed by atoms with E-state index < -0.39 is 118 Å². The molecule has 2 N–H and O–H groups in total. The highest BCUT2D eigenvalue weighted by molar-refractivity contribution is 5.94. The van der Waals surface area contributed by atoms with Crippen LogP contribution in [0.25, 0.3) is 0 Å². The first-order chi connectivity index (χ1) is 29.5. The summed E-state index contributed by atoms with van der Waals surface area (Å²) >= 11 is 0. The van der Waals surface area contributed by atoms with E-state index in [1.165, 1.54) is 33.3 Å². The van der Waals surface area contributed by atoms with Gasteiger partial charge in [-0.05, 0) is 63.5 Å². The second kappa shape index (κ2) is 17.4. The highest BCUT2D eigenvalue weighted by atomic mass is 16.6. The summed E-state index contributed by atoms with van der Waals surface area (Å²) in [6.07, 6.45) is -9.31. The van der Waals surface area contributed by atoms with Gasteiger partial charge in [0.1, 0.15) is 41.7 Å². The molecule has 63 heavy (non-hydrogen) atoms. The van der Waals surface area contributed by atoms with Gasteiger partial charge in [-0.25, -0.2) is 14.4 Å². The van der Waals surface area contributed by atoms with Gasteiger partial charge in [0, 0.05) is 46.3 Å². The van der Waals surface area contributed by atoms with Gasteiger partial charge in [-0.3, -0.25) is 14.4 Å². The fourth-order valence-electron chi connectivity index (χ4n) is 10.4. The van der Waals surface area contributed by atoms with Gasteiger partial charge in [-0.15, -0.1) is 0 Å². The minimum atomic E-state index is -2.26. The lowest BCUT2D eigenvalue weighted by Gasteiger charge is -2.67. The third kappa shape index (κ3) is 8.38. The van der Waals surface area contributed by atoms with Gasteiger partial charge in [0.2, 0.25) is 6.10 Å². The monoisotopic (exact) mass is 877 g/mol. The molecule has 2 aromatic rings. The Kier molecular flexibility index (Phi) is 13.1. The summed E-state index contributed by atoms with van der Waals surface area (Å²) in [5.41, 5.74) is -6.92. The number of hydrogen-bond donors (Lipinski definition) is 2. The van der Waals surface area contributed by atoms with E-state index in [-0.39, 0.29) is 24.2 Å². The molecule has 4 aliphatic rings. The van der Waals surface area contributed by atoms with E-state index in [1.54, 1.807) is 97.0 Å². The molecule has 1 saturated heterocycles. The number of alkyl carbamates (subject to hydrolysis) is 1. The van der Waals surface area contributed by atoms with Crippen LogP contribution in [0.4, 0.5) is 4.79 Å². The van der Waals surface area contributed by atoms with Crippen molar-refractivity contribution in [3.05, 3.63) is 82.9 Å². The summed E-state index contributed by atoms with van der Waals surface area (Å²) in [7, 11) is 2.77. The Morgan fingerprint density at radius 2 is 1.51 bits per heavy atom. The van der Waals surface area contributed by atoms with Crippen molar-refractivity contribution < 1.29 is 71.8 Å². The highest BCUT2D eigenvalue weighted by Crippen LogP contribution is 2.64. The van der Waals surface area contributed by atoms with Gasteiger partial charge in [0.15, 0.2) is 11.4 Å². The number of benzene rings is 2. The van der Waals surface area contributed by atoms with Gasteiger partial charge in [0.05, 0.1) is 29.6 Å². The van der Waals surface area contributed by atoms with E-state index in [0.717, 1.165) is 6.92 Å². The van der Waals surface area contributed by atoms with Crippen LogP contribution in [0.3, 0.4) is 0 Å². The molecule has 0 aromatic heterocycles. The number of hydrogen-bond acceptors (Lipinski definition) is 15. The number of ether oxygens (including phenoxy) is 8. The van der Waals surface area contributed by atoms with E-state index >= 15 is 4.79 Å². The molecule has 0 radical (unpaired) electrons. The zero-order valence-corrected chi connectivity index (χ0v) is 37.7. The summed E-state index contributed by atoms with van der Waals surface area (Å²) < 4.78 is 48.4. The zero-order valence-electron chi connectivity index (χ0n) is 37.7. The topological polar surface area (TPSA) is 209 Å². The maximum absolute atomic E-state index is 15.6. The highest BCUT2D eigenvalue weighted by Gasteiger charge is 2.78. The molecule has 11 atom stereocenters. The Balaban J connectivity index is 1.55. The van der Waals surface area contributed by atoms with Crippen LogP contribution in [0.1, 0.15) is 97.1 Å². The minimum Gasteiger partial charge on any atom is -0.455 e. The van der Waals surface area contributed by atoms with Crippen LogP contribution in [-0.2, 0) is 57.1 Å². The second-order valence-electron chi connectivity index (χ2n) is 18.6. The largest absolute Gasteiger partial charge is 0.455 e. The Morgan fingerprint density at radius 3 is 2.03 bits per heavy atom. The molecule has 2 saturated carbocycles. The zero-order chi connectivity index (χ0) is 46.4. The van der Waals surface area contributed by atoms with Gasteiger partial charge < -0.3 is 48.3 Å². The van der Waals surface area contributed by atoms with E-state index in [4.69, 9.17) is 37.9 Å². The number of carbonyl (C=O) groups excluding carboxylic acids is 6. The number of ketones is 1. The molecule has 342 valence electrons. The molecule has 1 amide bonds. The molecule has 2 aromatic carbocycles. The number of esters is 4. The average molecular weight is 878 g/mol. The molecule has 6 rings (SSSR count). The predicted octanol–water partition coefficient (Wildman–Crippen LogP) is 5.14. The van der Waals surface area contributed by atoms with Gasteiger partial charge >= 0.3 is 30.0 Å². The lowest BCUT2D eigenvalue weighted by molar-refractivity contribution is -0.347. The van der Waals surface area contributed by atoms with Crippen molar-refractivity contribution in [2.24, 2.45) is 16.7 Å². The number of nitrogens with one attached hydrogen (secondary N) is 1. The first-order valence-corrected chi connectivity index (χ1v) is 21.0. The maximum Gasteiger partial charge on any atom is 0.408 e. The summed E-state index contributed by atoms with van der Waals surface area (Å²) in [5.74, 6) is -5.41. The standard InChI is InChI=1S/C47H59NO15/c1-25-30(60-41(53)36(59-26(2)49)34(28-18-14-12-15-19-28)48-42(54)63-43(4,5)6)23-47(55)39(61-40(52)29-20-16-13-17-21-29)37-45(9,38(51)35(57-11)33(25)44(47,7)8)31(56-10)22-32-46(37,24-58-32)62-27(3)50/h12-21,30-32,34-37,39,55H,22-24H2,1-11H3,(H,48,54)/t30-,31+,32+,34-,35+,36+,37-,39-,45+,46-,47+/m0/s1. The maximum atomic E-state index is 15.6. The molecule has 3 fully saturated rings. The Hall–Kier alpha value is -5.16. The Labute approximate surface area is 367 Å². The minimum absolute atomic E-state index is 0.107. The fourth-order valence-corrected chi connectivity index (χ4v) is 10.4. The van der Waals surface area contributed by atoms with E-state index in [9.17, 15) is 29.1 Å². The third-order valence-electron chi connectivity index (χ3n) is 13.3. The predicted molar refractivity (Wildman–Crippen MR) is 223 cm³/mol. The molecule has 1 aliphatic heterocycles. The normalized spacial score (nSPS) is 31.8. The second-order valence-corrected chi connectivity index (χ2v) is 18.6. The van der Waals surface area contributed by atoms with Crippen molar-refractivity contribution in [2.45, 2.75) is 135 Å². The molecule has 1 heterocycles. The van der Waals surface area contributed by atoms with Crippen molar-refractivity contribution in [3.8, 4) is 0 Å². The molecule has 16 nitrogen and oxygen atoms in total. The van der Waals surface area contributed by atoms with E-state index in [0.29, 0.717) is 11.1 Å². The Bertz CT molecular complexity index is 2130. The van der Waals surface area contributed by atoms with Crippen molar-refractivity contribution >= 4 is 35.8 Å². The van der Waals surface area contributed by atoms with Crippen LogP contribution >= 0.6 is 0 Å².